The van der Waals surface area contributed by atoms with Crippen molar-refractivity contribution >= 4 is 61.6 Å². The molecule has 8 aromatic carbocycles. The number of fused-ring (bicyclic) bond motifs is 10. The smallest absolute Gasteiger partial charge is 0.434 e. The Morgan fingerprint density at radius 2 is 1.08 bits per heavy atom. The van der Waals surface area contributed by atoms with Crippen molar-refractivity contribution in [3.8, 4) is 56.3 Å². The topological polar surface area (TPSA) is 36.5 Å². The molecule has 0 saturated carbocycles. The second kappa shape index (κ2) is 10.8. The largest absolute Gasteiger partial charge is 0.551 e. The Labute approximate surface area is 305 Å². The molecule has 4 heterocycles. The summed E-state index contributed by atoms with van der Waals surface area (Å²) in [5.41, 5.74) is 14.0. The molecule has 0 radical (unpaired) electrons. The van der Waals surface area contributed by atoms with E-state index in [1.165, 1.54) is 21.8 Å². The van der Waals surface area contributed by atoms with Crippen LogP contribution in [0.15, 0.2) is 174 Å². The molecule has 2 aliphatic rings. The lowest BCUT2D eigenvalue weighted by Gasteiger charge is -2.33. The highest BCUT2D eigenvalue weighted by Gasteiger charge is 2.41. The first-order valence-corrected chi connectivity index (χ1v) is 18.0. The monoisotopic (exact) mass is 677 g/mol. The minimum Gasteiger partial charge on any atom is -0.551 e. The zero-order valence-electron chi connectivity index (χ0n) is 28.4. The molecule has 0 bridgehead atoms. The van der Waals surface area contributed by atoms with Gasteiger partial charge in [-0.2, -0.15) is 0 Å². The number of nitrogens with zero attached hydrogens (tertiary/aromatic N) is 1. The fraction of sp³-hybridized carbons (Fsp3) is 0. The van der Waals surface area contributed by atoms with Crippen LogP contribution in [0.1, 0.15) is 0 Å². The van der Waals surface area contributed by atoms with Crippen LogP contribution in [0, 0.1) is 0 Å². The summed E-state index contributed by atoms with van der Waals surface area (Å²) in [4.78, 5) is 0. The molecule has 0 atom stereocenters. The van der Waals surface area contributed by atoms with Gasteiger partial charge in [-0.25, -0.2) is 0 Å². The summed E-state index contributed by atoms with van der Waals surface area (Å²) in [6, 6.07) is 60.0. The van der Waals surface area contributed by atoms with Crippen LogP contribution in [0.25, 0.3) is 82.8 Å². The van der Waals surface area contributed by atoms with Crippen LogP contribution in [0.2, 0.25) is 0 Å². The van der Waals surface area contributed by atoms with Crippen LogP contribution in [-0.2, 0) is 0 Å². The predicted molar refractivity (Wildman–Crippen MR) is 217 cm³/mol. The van der Waals surface area contributed by atoms with Crippen LogP contribution in [-0.4, -0.2) is 11.5 Å². The van der Waals surface area contributed by atoms with Gasteiger partial charge in [0.25, 0.3) is 0 Å². The van der Waals surface area contributed by atoms with E-state index in [0.29, 0.717) is 0 Å². The molecule has 53 heavy (non-hydrogen) atoms. The maximum atomic E-state index is 6.92. The third kappa shape index (κ3) is 4.13. The minimum atomic E-state index is -0.326. The fourth-order valence-electron chi connectivity index (χ4n) is 8.73. The Morgan fingerprint density at radius 1 is 0.415 bits per heavy atom. The van der Waals surface area contributed by atoms with Gasteiger partial charge < -0.3 is 18.4 Å². The number of para-hydroxylation sites is 4. The number of hydrogen-bond donors (Lipinski definition) is 0. The van der Waals surface area contributed by atoms with E-state index < -0.39 is 0 Å². The number of furan rings is 1. The maximum absolute atomic E-state index is 6.92. The van der Waals surface area contributed by atoms with E-state index in [4.69, 9.17) is 13.8 Å². The van der Waals surface area contributed by atoms with E-state index in [9.17, 15) is 0 Å². The molecule has 0 saturated heterocycles. The zero-order chi connectivity index (χ0) is 34.6. The summed E-state index contributed by atoms with van der Waals surface area (Å²) in [6.45, 7) is -0.326. The number of hydrogen-bond acceptors (Lipinski definition) is 3. The Balaban J connectivity index is 1.03. The summed E-state index contributed by atoms with van der Waals surface area (Å²) in [5, 5.41) is 4.70. The lowest BCUT2D eigenvalue weighted by molar-refractivity contribution is 0.479. The molecule has 0 fully saturated rings. The van der Waals surface area contributed by atoms with Crippen molar-refractivity contribution in [2.75, 3.05) is 0 Å². The first kappa shape index (κ1) is 28.7. The summed E-state index contributed by atoms with van der Waals surface area (Å²) in [6.07, 6.45) is 0. The average molecular weight is 678 g/mol. The molecule has 0 amide bonds. The van der Waals surface area contributed by atoms with Gasteiger partial charge in [-0.1, -0.05) is 103 Å². The van der Waals surface area contributed by atoms with E-state index in [1.807, 2.05) is 18.2 Å². The Kier molecular flexibility index (Phi) is 5.83. The maximum Gasteiger partial charge on any atom is 0.434 e. The van der Waals surface area contributed by atoms with E-state index in [1.54, 1.807) is 0 Å². The van der Waals surface area contributed by atoms with Crippen molar-refractivity contribution in [2.45, 2.75) is 0 Å². The standard InChI is InChI=1S/C48H28BNO3/c1-2-12-33(32(11-1)29-21-23-44-38(25-29)36-15-5-9-19-43(36)51-44)30-26-39-37-16-6-10-20-45(37)53-49-40-28-31(22-24-46(40)52-47(27-30)48(39)49)50-41-17-7-3-13-34(41)35-14-4-8-18-42(35)50/h1-28H. The Bertz CT molecular complexity index is 3100. The average Bonchev–Trinajstić information content (AvgIpc) is 3.76. The van der Waals surface area contributed by atoms with Crippen molar-refractivity contribution in [3.05, 3.63) is 170 Å². The van der Waals surface area contributed by atoms with E-state index in [2.05, 4.69) is 156 Å². The van der Waals surface area contributed by atoms with Crippen molar-refractivity contribution in [3.63, 3.8) is 0 Å². The highest BCUT2D eigenvalue weighted by atomic mass is 16.5. The molecular weight excluding hydrogens is 649 g/mol. The van der Waals surface area contributed by atoms with Gasteiger partial charge in [0, 0.05) is 43.7 Å². The van der Waals surface area contributed by atoms with Gasteiger partial charge in [-0.05, 0) is 94.5 Å². The Morgan fingerprint density at radius 3 is 1.89 bits per heavy atom. The van der Waals surface area contributed by atoms with Crippen LogP contribution < -0.4 is 20.3 Å². The number of rotatable bonds is 3. The number of aromatic nitrogens is 1. The molecule has 0 unspecified atom stereocenters. The lowest BCUT2D eigenvalue weighted by Crippen LogP contribution is -2.53. The van der Waals surface area contributed by atoms with Gasteiger partial charge >= 0.3 is 6.92 Å². The third-order valence-corrected chi connectivity index (χ3v) is 11.1. The molecule has 0 N–H and O–H groups in total. The molecule has 2 aliphatic heterocycles. The van der Waals surface area contributed by atoms with Gasteiger partial charge in [-0.15, -0.1) is 0 Å². The van der Waals surface area contributed by atoms with Gasteiger partial charge in [0.05, 0.1) is 11.0 Å². The molecule has 4 nitrogen and oxygen atoms in total. The summed E-state index contributed by atoms with van der Waals surface area (Å²) in [7, 11) is 0. The number of benzene rings is 8. The van der Waals surface area contributed by atoms with Crippen LogP contribution >= 0.6 is 0 Å². The van der Waals surface area contributed by atoms with Crippen molar-refractivity contribution in [1.82, 2.24) is 4.57 Å². The third-order valence-electron chi connectivity index (χ3n) is 11.1. The Hall–Kier alpha value is -6.98. The van der Waals surface area contributed by atoms with Gasteiger partial charge in [-0.3, -0.25) is 0 Å². The van der Waals surface area contributed by atoms with Crippen LogP contribution in [0.3, 0.4) is 0 Å². The first-order valence-electron chi connectivity index (χ1n) is 18.0. The first-order chi connectivity index (χ1) is 26.3. The van der Waals surface area contributed by atoms with E-state index in [-0.39, 0.29) is 6.92 Å². The van der Waals surface area contributed by atoms with E-state index in [0.717, 1.165) is 89.2 Å². The van der Waals surface area contributed by atoms with Crippen molar-refractivity contribution < 1.29 is 13.8 Å². The molecule has 0 spiro atoms. The molecule has 246 valence electrons. The summed E-state index contributed by atoms with van der Waals surface area (Å²) >= 11 is 0. The predicted octanol–water partition coefficient (Wildman–Crippen LogP) is 11.3. The normalized spacial score (nSPS) is 12.8. The van der Waals surface area contributed by atoms with Crippen molar-refractivity contribution in [1.29, 1.82) is 0 Å². The summed E-state index contributed by atoms with van der Waals surface area (Å²) in [5.74, 6) is 2.49. The highest BCUT2D eigenvalue weighted by Crippen LogP contribution is 2.44. The minimum absolute atomic E-state index is 0.326. The van der Waals surface area contributed by atoms with Crippen LogP contribution in [0.4, 0.5) is 0 Å². The SMILES string of the molecule is c1ccc2c(c1)OB1c3cc(-n4c5ccccc5c5ccccc54)ccc3Oc3cc(-c4ccccc4-c4ccc5oc6ccccc6c5c4)cc-2c31. The molecule has 2 aromatic heterocycles. The number of ether oxygens (including phenoxy) is 1. The van der Waals surface area contributed by atoms with Crippen LogP contribution in [0.5, 0.6) is 17.2 Å². The highest BCUT2D eigenvalue weighted by molar-refractivity contribution is 6.84. The van der Waals surface area contributed by atoms with Gasteiger partial charge in [0.1, 0.15) is 28.4 Å². The zero-order valence-corrected chi connectivity index (χ0v) is 28.4. The second-order valence-corrected chi connectivity index (χ2v) is 14.0. The van der Waals surface area contributed by atoms with Gasteiger partial charge in [0.2, 0.25) is 0 Å². The fourth-order valence-corrected chi connectivity index (χ4v) is 8.73. The second-order valence-electron chi connectivity index (χ2n) is 14.0. The van der Waals surface area contributed by atoms with E-state index >= 15 is 0 Å². The molecule has 10 aromatic rings. The van der Waals surface area contributed by atoms with Crippen molar-refractivity contribution in [2.24, 2.45) is 0 Å². The molecule has 12 rings (SSSR count). The molecular formula is C48H28BNO3. The molecule has 5 heteroatoms. The lowest BCUT2D eigenvalue weighted by atomic mass is 9.50. The quantitative estimate of drug-likeness (QED) is 0.175. The molecule has 0 aliphatic carbocycles. The summed E-state index contributed by atoms with van der Waals surface area (Å²) < 4.78 is 22.3. The van der Waals surface area contributed by atoms with Gasteiger partial charge in [0.15, 0.2) is 0 Å².